The van der Waals surface area contributed by atoms with Gasteiger partial charge in [-0.05, 0) is 37.0 Å². The van der Waals surface area contributed by atoms with Gasteiger partial charge in [0, 0.05) is 44.7 Å². The van der Waals surface area contributed by atoms with Gasteiger partial charge in [0.1, 0.15) is 0 Å². The van der Waals surface area contributed by atoms with E-state index in [4.69, 9.17) is 0 Å². The molecular formula is C19H25N3O3. The topological polar surface area (TPSA) is 69.7 Å². The van der Waals surface area contributed by atoms with Crippen molar-refractivity contribution in [2.45, 2.75) is 32.1 Å². The van der Waals surface area contributed by atoms with Crippen molar-refractivity contribution >= 4 is 23.4 Å². The summed E-state index contributed by atoms with van der Waals surface area (Å²) in [5, 5.41) is 2.68. The molecule has 0 radical (unpaired) electrons. The lowest BCUT2D eigenvalue weighted by atomic mass is 9.95. The van der Waals surface area contributed by atoms with Crippen molar-refractivity contribution in [1.82, 2.24) is 10.2 Å². The van der Waals surface area contributed by atoms with Crippen molar-refractivity contribution in [3.05, 3.63) is 29.8 Å². The summed E-state index contributed by atoms with van der Waals surface area (Å²) in [5.41, 5.74) is 1.86. The van der Waals surface area contributed by atoms with Crippen LogP contribution >= 0.6 is 0 Å². The maximum absolute atomic E-state index is 12.5. The van der Waals surface area contributed by atoms with Crippen LogP contribution in [0, 0.1) is 5.92 Å². The fourth-order valence-corrected chi connectivity index (χ4v) is 3.60. The molecule has 0 aliphatic carbocycles. The molecule has 3 rings (SSSR count). The third kappa shape index (κ3) is 4.00. The van der Waals surface area contributed by atoms with Crippen LogP contribution in [0.4, 0.5) is 5.69 Å². The maximum atomic E-state index is 12.5. The van der Waals surface area contributed by atoms with Crippen molar-refractivity contribution in [2.75, 3.05) is 31.6 Å². The Bertz CT molecular complexity index is 648. The largest absolute Gasteiger partial charge is 0.359 e. The highest BCUT2D eigenvalue weighted by Gasteiger charge is 2.26. The van der Waals surface area contributed by atoms with Crippen LogP contribution in [0.5, 0.6) is 0 Å². The zero-order chi connectivity index (χ0) is 17.8. The SMILES string of the molecule is CNC(=O)C1CCN(C(=O)Cc2ccc(N3CCCC3=O)cc2)CC1. The highest BCUT2D eigenvalue weighted by atomic mass is 16.2. The summed E-state index contributed by atoms with van der Waals surface area (Å²) in [6.45, 7) is 2.05. The fraction of sp³-hybridized carbons (Fsp3) is 0.526. The molecule has 0 spiro atoms. The normalized spacial score (nSPS) is 18.5. The van der Waals surface area contributed by atoms with E-state index in [2.05, 4.69) is 5.32 Å². The molecule has 134 valence electrons. The Morgan fingerprint density at radius 2 is 1.80 bits per heavy atom. The van der Waals surface area contributed by atoms with Crippen molar-refractivity contribution < 1.29 is 14.4 Å². The van der Waals surface area contributed by atoms with E-state index < -0.39 is 0 Å². The maximum Gasteiger partial charge on any atom is 0.227 e. The first-order valence-corrected chi connectivity index (χ1v) is 8.97. The molecule has 0 bridgehead atoms. The first-order valence-electron chi connectivity index (χ1n) is 8.97. The van der Waals surface area contributed by atoms with Crippen molar-refractivity contribution in [3.8, 4) is 0 Å². The van der Waals surface area contributed by atoms with Gasteiger partial charge in [-0.3, -0.25) is 14.4 Å². The second-order valence-electron chi connectivity index (χ2n) is 6.76. The number of hydrogen-bond donors (Lipinski definition) is 1. The van der Waals surface area contributed by atoms with E-state index >= 15 is 0 Å². The van der Waals surface area contributed by atoms with E-state index in [0.717, 1.165) is 37.1 Å². The number of anilines is 1. The zero-order valence-electron chi connectivity index (χ0n) is 14.7. The summed E-state index contributed by atoms with van der Waals surface area (Å²) in [6.07, 6.45) is 3.33. The van der Waals surface area contributed by atoms with Crippen LogP contribution in [0.2, 0.25) is 0 Å². The Hall–Kier alpha value is -2.37. The molecule has 2 heterocycles. The van der Waals surface area contributed by atoms with Crippen LogP contribution in [0.3, 0.4) is 0 Å². The second-order valence-corrected chi connectivity index (χ2v) is 6.76. The van der Waals surface area contributed by atoms with Crippen molar-refractivity contribution in [1.29, 1.82) is 0 Å². The predicted molar refractivity (Wildman–Crippen MR) is 95.1 cm³/mol. The Morgan fingerprint density at radius 1 is 1.12 bits per heavy atom. The number of hydrogen-bond acceptors (Lipinski definition) is 3. The summed E-state index contributed by atoms with van der Waals surface area (Å²) in [7, 11) is 1.65. The molecule has 1 N–H and O–H groups in total. The van der Waals surface area contributed by atoms with Gasteiger partial charge in [0.15, 0.2) is 0 Å². The molecule has 0 atom stereocenters. The molecular weight excluding hydrogens is 318 g/mol. The van der Waals surface area contributed by atoms with E-state index in [0.29, 0.717) is 25.9 Å². The van der Waals surface area contributed by atoms with Crippen LogP contribution in [-0.2, 0) is 20.8 Å². The number of likely N-dealkylation sites (tertiary alicyclic amines) is 1. The number of carbonyl (C=O) groups is 3. The van der Waals surface area contributed by atoms with Gasteiger partial charge in [-0.15, -0.1) is 0 Å². The number of nitrogens with one attached hydrogen (secondary N) is 1. The average molecular weight is 343 g/mol. The fourth-order valence-electron chi connectivity index (χ4n) is 3.60. The quantitative estimate of drug-likeness (QED) is 0.897. The third-order valence-electron chi connectivity index (χ3n) is 5.14. The van der Waals surface area contributed by atoms with Crippen LogP contribution in [0.1, 0.15) is 31.2 Å². The minimum atomic E-state index is 0.0198. The molecule has 1 aromatic carbocycles. The summed E-state index contributed by atoms with van der Waals surface area (Å²) in [4.78, 5) is 39.5. The zero-order valence-corrected chi connectivity index (χ0v) is 14.7. The lowest BCUT2D eigenvalue weighted by Gasteiger charge is -2.31. The lowest BCUT2D eigenvalue weighted by Crippen LogP contribution is -2.42. The van der Waals surface area contributed by atoms with Gasteiger partial charge in [-0.25, -0.2) is 0 Å². The molecule has 25 heavy (non-hydrogen) atoms. The highest BCUT2D eigenvalue weighted by molar-refractivity contribution is 5.95. The summed E-state index contributed by atoms with van der Waals surface area (Å²) >= 11 is 0. The van der Waals surface area contributed by atoms with Crippen LogP contribution < -0.4 is 10.2 Å². The Labute approximate surface area is 148 Å². The van der Waals surface area contributed by atoms with Gasteiger partial charge < -0.3 is 15.1 Å². The van der Waals surface area contributed by atoms with Gasteiger partial charge in [0.2, 0.25) is 17.7 Å². The van der Waals surface area contributed by atoms with Crippen LogP contribution in [0.15, 0.2) is 24.3 Å². The van der Waals surface area contributed by atoms with Gasteiger partial charge in [0.05, 0.1) is 6.42 Å². The van der Waals surface area contributed by atoms with Gasteiger partial charge in [0.25, 0.3) is 0 Å². The number of benzene rings is 1. The van der Waals surface area contributed by atoms with E-state index in [1.54, 1.807) is 11.9 Å². The Kier molecular flexibility index (Phi) is 5.36. The molecule has 3 amide bonds. The molecule has 2 saturated heterocycles. The van der Waals surface area contributed by atoms with Crippen molar-refractivity contribution in [3.63, 3.8) is 0 Å². The van der Waals surface area contributed by atoms with E-state index in [1.807, 2.05) is 29.2 Å². The van der Waals surface area contributed by atoms with Crippen LogP contribution in [-0.4, -0.2) is 49.3 Å². The highest BCUT2D eigenvalue weighted by Crippen LogP contribution is 2.22. The molecule has 2 aliphatic rings. The number of nitrogens with zero attached hydrogens (tertiary/aromatic N) is 2. The summed E-state index contributed by atoms with van der Waals surface area (Å²) in [5.74, 6) is 0.355. The average Bonchev–Trinajstić information content (AvgIpc) is 3.07. The van der Waals surface area contributed by atoms with Gasteiger partial charge in [-0.1, -0.05) is 12.1 Å². The number of rotatable bonds is 4. The van der Waals surface area contributed by atoms with E-state index in [9.17, 15) is 14.4 Å². The monoisotopic (exact) mass is 343 g/mol. The van der Waals surface area contributed by atoms with E-state index in [1.165, 1.54) is 0 Å². The number of amides is 3. The summed E-state index contributed by atoms with van der Waals surface area (Å²) in [6, 6.07) is 7.69. The third-order valence-corrected chi connectivity index (χ3v) is 5.14. The van der Waals surface area contributed by atoms with Gasteiger partial charge >= 0.3 is 0 Å². The molecule has 1 aromatic rings. The number of piperidine rings is 1. The Balaban J connectivity index is 1.53. The number of carbonyl (C=O) groups excluding carboxylic acids is 3. The van der Waals surface area contributed by atoms with Crippen LogP contribution in [0.25, 0.3) is 0 Å². The van der Waals surface area contributed by atoms with Gasteiger partial charge in [-0.2, -0.15) is 0 Å². The minimum Gasteiger partial charge on any atom is -0.359 e. The Morgan fingerprint density at radius 3 is 2.36 bits per heavy atom. The molecule has 2 aliphatic heterocycles. The molecule has 0 unspecified atom stereocenters. The minimum absolute atomic E-state index is 0.0198. The summed E-state index contributed by atoms with van der Waals surface area (Å²) < 4.78 is 0. The van der Waals surface area contributed by atoms with E-state index in [-0.39, 0.29) is 23.6 Å². The molecule has 6 heteroatoms. The molecule has 0 saturated carbocycles. The second kappa shape index (κ2) is 7.68. The standard InChI is InChI=1S/C19H25N3O3/c1-20-19(25)15-8-11-21(12-9-15)18(24)13-14-4-6-16(7-5-14)22-10-2-3-17(22)23/h4-7,15H,2-3,8-13H2,1H3,(H,20,25). The smallest absolute Gasteiger partial charge is 0.227 e. The van der Waals surface area contributed by atoms with Crippen molar-refractivity contribution in [2.24, 2.45) is 5.92 Å². The molecule has 2 fully saturated rings. The molecule has 6 nitrogen and oxygen atoms in total. The molecule has 0 aromatic heterocycles. The first kappa shape index (κ1) is 17.5. The first-order chi connectivity index (χ1) is 12.1. The lowest BCUT2D eigenvalue weighted by molar-refractivity contribution is -0.134. The predicted octanol–water partition coefficient (Wildman–Crippen LogP) is 1.34.